The number of hydrogen-bond donors (Lipinski definition) is 0. The van der Waals surface area contributed by atoms with Crippen LogP contribution in [0.3, 0.4) is 0 Å². The van der Waals surface area contributed by atoms with Crippen LogP contribution in [0, 0.1) is 0 Å². The number of benzene rings is 10. The van der Waals surface area contributed by atoms with Gasteiger partial charge in [-0.15, -0.1) is 0 Å². The molecule has 12 aromatic rings. The van der Waals surface area contributed by atoms with Gasteiger partial charge in [0.2, 0.25) is 0 Å². The number of fused-ring (bicyclic) bond motifs is 16. The normalized spacial score (nSPS) is 13.0. The summed E-state index contributed by atoms with van der Waals surface area (Å²) in [4.78, 5) is 4.81. The second-order valence-electron chi connectivity index (χ2n) is 17.1. The van der Waals surface area contributed by atoms with Crippen LogP contribution in [0.25, 0.3) is 66.1 Å². The number of hydrogen-bond acceptors (Lipinski definition) is 4. The summed E-state index contributed by atoms with van der Waals surface area (Å²) in [5.41, 5.74) is 19.0. The van der Waals surface area contributed by atoms with E-state index in [-0.39, 0.29) is 0 Å². The van der Waals surface area contributed by atoms with Gasteiger partial charge in [-0.25, -0.2) is 0 Å². The minimum Gasteiger partial charge on any atom is -0.454 e. The van der Waals surface area contributed by atoms with Gasteiger partial charge in [0.15, 0.2) is 11.2 Å². The van der Waals surface area contributed by atoms with Crippen molar-refractivity contribution in [3.63, 3.8) is 0 Å². The molecule has 2 aliphatic rings. The van der Waals surface area contributed by atoms with Crippen molar-refractivity contribution in [1.29, 1.82) is 0 Å². The van der Waals surface area contributed by atoms with E-state index in [9.17, 15) is 0 Å². The molecule has 2 aliphatic carbocycles. The number of para-hydroxylation sites is 6. The van der Waals surface area contributed by atoms with E-state index in [4.69, 9.17) is 8.83 Å². The molecule has 2 heterocycles. The zero-order valence-electron chi connectivity index (χ0n) is 35.2. The van der Waals surface area contributed by atoms with Crippen LogP contribution >= 0.6 is 0 Å². The van der Waals surface area contributed by atoms with E-state index in [2.05, 4.69) is 228 Å². The van der Waals surface area contributed by atoms with Crippen molar-refractivity contribution in [2.75, 3.05) is 9.80 Å². The highest BCUT2D eigenvalue weighted by molar-refractivity contribution is 6.13. The Bertz CT molecular complexity index is 3610. The molecule has 0 aliphatic heterocycles. The van der Waals surface area contributed by atoms with E-state index in [0.29, 0.717) is 0 Å². The molecule has 0 fully saturated rings. The van der Waals surface area contributed by atoms with Crippen LogP contribution in [0.5, 0.6) is 0 Å². The Morgan fingerprint density at radius 1 is 0.277 bits per heavy atom. The first-order chi connectivity index (χ1) is 32.3. The molecule has 0 amide bonds. The fraction of sp³-hybridized carbons (Fsp3) is 0.0164. The highest BCUT2D eigenvalue weighted by Crippen LogP contribution is 2.66. The van der Waals surface area contributed by atoms with Gasteiger partial charge in [-0.05, 0) is 94.0 Å². The number of nitrogens with zero attached hydrogens (tertiary/aromatic N) is 2. The quantitative estimate of drug-likeness (QED) is 0.167. The minimum absolute atomic E-state index is 0.620. The van der Waals surface area contributed by atoms with Gasteiger partial charge >= 0.3 is 0 Å². The van der Waals surface area contributed by atoms with Crippen LogP contribution in [0.15, 0.2) is 239 Å². The van der Waals surface area contributed by atoms with Gasteiger partial charge in [0.1, 0.15) is 11.2 Å². The monoisotopic (exact) mass is 830 g/mol. The molecular weight excluding hydrogens is 793 g/mol. The van der Waals surface area contributed by atoms with Crippen molar-refractivity contribution in [3.8, 4) is 22.3 Å². The molecule has 0 unspecified atom stereocenters. The summed E-state index contributed by atoms with van der Waals surface area (Å²) in [6, 6.07) is 83.1. The SMILES string of the molecule is c1ccc(N(c2cccc3c2-c2ccccc2C32c3ccccc3-c3c(N(c4ccccc4)c4cccc5c4oc4ccccc45)cccc32)c2cccc3c2oc2ccccc23)cc1. The molecule has 2 aromatic heterocycles. The molecule has 4 nitrogen and oxygen atoms in total. The van der Waals surface area contributed by atoms with Crippen molar-refractivity contribution >= 4 is 78.0 Å². The summed E-state index contributed by atoms with van der Waals surface area (Å²) < 4.78 is 13.6. The van der Waals surface area contributed by atoms with Gasteiger partial charge in [-0.1, -0.05) is 170 Å². The first-order valence-electron chi connectivity index (χ1n) is 22.3. The highest BCUT2D eigenvalue weighted by atomic mass is 16.3. The standard InChI is InChI=1S/C61H38N2O2/c1-3-19-39(20-4-1)62(53-35-15-27-43-41-23-9-13-37-55(41)64-59(43)53)51-33-17-31-49-57(51)45-25-7-11-29-47(45)61(49)48-30-12-8-26-46(48)58-50(61)32-18-34-52(58)63(40-21-5-2-6-22-40)54-36-16-28-44-42-24-10-14-38-56(42)65-60(44)54/h1-38H. The molecule has 10 aromatic carbocycles. The lowest BCUT2D eigenvalue weighted by Crippen LogP contribution is -2.26. The third kappa shape index (κ3) is 4.91. The van der Waals surface area contributed by atoms with Gasteiger partial charge in [0, 0.05) is 44.0 Å². The lowest BCUT2D eigenvalue weighted by Gasteiger charge is -2.32. The van der Waals surface area contributed by atoms with Crippen LogP contribution in [0.2, 0.25) is 0 Å². The van der Waals surface area contributed by atoms with Crippen molar-refractivity contribution in [3.05, 3.63) is 253 Å². The summed E-state index contributed by atoms with van der Waals surface area (Å²) >= 11 is 0. The summed E-state index contributed by atoms with van der Waals surface area (Å²) in [7, 11) is 0. The average molecular weight is 831 g/mol. The van der Waals surface area contributed by atoms with E-state index < -0.39 is 5.41 Å². The van der Waals surface area contributed by atoms with Crippen molar-refractivity contribution in [1.82, 2.24) is 0 Å². The lowest BCUT2D eigenvalue weighted by molar-refractivity contribution is 0.668. The average Bonchev–Trinajstić information content (AvgIpc) is 4.11. The Balaban J connectivity index is 1.06. The largest absolute Gasteiger partial charge is 0.454 e. The number of anilines is 6. The van der Waals surface area contributed by atoms with E-state index in [1.807, 2.05) is 12.1 Å². The molecule has 1 spiro atoms. The Kier molecular flexibility index (Phi) is 7.57. The molecule has 0 bridgehead atoms. The maximum Gasteiger partial charge on any atom is 0.159 e. The maximum absolute atomic E-state index is 6.78. The number of rotatable bonds is 6. The fourth-order valence-corrected chi connectivity index (χ4v) is 11.4. The minimum atomic E-state index is -0.620. The Morgan fingerprint density at radius 3 is 1.11 bits per heavy atom. The van der Waals surface area contributed by atoms with Gasteiger partial charge in [-0.2, -0.15) is 0 Å². The van der Waals surface area contributed by atoms with Crippen LogP contribution in [-0.4, -0.2) is 0 Å². The van der Waals surface area contributed by atoms with Crippen LogP contribution in [0.1, 0.15) is 22.3 Å². The molecule has 0 saturated carbocycles. The lowest BCUT2D eigenvalue weighted by atomic mass is 9.70. The predicted octanol–water partition coefficient (Wildman–Crippen LogP) is 16.8. The topological polar surface area (TPSA) is 32.8 Å². The Morgan fingerprint density at radius 2 is 0.631 bits per heavy atom. The van der Waals surface area contributed by atoms with Crippen LogP contribution < -0.4 is 9.80 Å². The molecule has 304 valence electrons. The van der Waals surface area contributed by atoms with Gasteiger partial charge in [0.05, 0.1) is 28.2 Å². The molecule has 0 saturated heterocycles. The molecule has 0 N–H and O–H groups in total. The third-order valence-corrected chi connectivity index (χ3v) is 13.9. The second-order valence-corrected chi connectivity index (χ2v) is 17.1. The zero-order valence-corrected chi connectivity index (χ0v) is 35.2. The first-order valence-corrected chi connectivity index (χ1v) is 22.3. The van der Waals surface area contributed by atoms with Gasteiger partial charge in [-0.3, -0.25) is 0 Å². The summed E-state index contributed by atoms with van der Waals surface area (Å²) in [5, 5.41) is 4.40. The fourth-order valence-electron chi connectivity index (χ4n) is 11.4. The summed E-state index contributed by atoms with van der Waals surface area (Å²) in [6.45, 7) is 0. The number of furan rings is 2. The molecular formula is C61H38N2O2. The molecule has 65 heavy (non-hydrogen) atoms. The second kappa shape index (κ2) is 13.7. The molecule has 0 atom stereocenters. The zero-order chi connectivity index (χ0) is 42.6. The van der Waals surface area contributed by atoms with Crippen molar-refractivity contribution in [2.45, 2.75) is 5.41 Å². The van der Waals surface area contributed by atoms with E-state index in [1.54, 1.807) is 0 Å². The van der Waals surface area contributed by atoms with E-state index >= 15 is 0 Å². The Hall–Kier alpha value is -8.60. The molecule has 4 heteroatoms. The van der Waals surface area contributed by atoms with Crippen molar-refractivity contribution in [2.24, 2.45) is 0 Å². The Labute approximate surface area is 375 Å². The predicted molar refractivity (Wildman–Crippen MR) is 267 cm³/mol. The van der Waals surface area contributed by atoms with Crippen molar-refractivity contribution < 1.29 is 8.83 Å². The molecule has 14 rings (SSSR count). The van der Waals surface area contributed by atoms with Gasteiger partial charge < -0.3 is 18.6 Å². The smallest absolute Gasteiger partial charge is 0.159 e. The molecule has 0 radical (unpaired) electrons. The first kappa shape index (κ1) is 35.9. The highest BCUT2D eigenvalue weighted by Gasteiger charge is 2.53. The third-order valence-electron chi connectivity index (χ3n) is 13.9. The maximum atomic E-state index is 6.78. The van der Waals surface area contributed by atoms with E-state index in [0.717, 1.165) is 78.0 Å². The van der Waals surface area contributed by atoms with Gasteiger partial charge in [0.25, 0.3) is 0 Å². The summed E-state index contributed by atoms with van der Waals surface area (Å²) in [6.07, 6.45) is 0. The van der Waals surface area contributed by atoms with Crippen LogP contribution in [0.4, 0.5) is 34.1 Å². The van der Waals surface area contributed by atoms with Crippen LogP contribution in [-0.2, 0) is 5.41 Å². The summed E-state index contributed by atoms with van der Waals surface area (Å²) in [5.74, 6) is 0. The van der Waals surface area contributed by atoms with E-state index in [1.165, 1.54) is 44.5 Å².